The second-order valence-corrected chi connectivity index (χ2v) is 9.34. The Hall–Kier alpha value is -1.84. The molecule has 0 saturated heterocycles. The summed E-state index contributed by atoms with van der Waals surface area (Å²) in [6, 6.07) is 9.40. The maximum absolute atomic E-state index is 13.8. The maximum Gasteiger partial charge on any atom is 0.406 e. The fraction of sp³-hybridized carbons (Fsp3) is 0.450. The highest BCUT2D eigenvalue weighted by Crippen LogP contribution is 2.62. The topological polar surface area (TPSA) is 60.5 Å². The Morgan fingerprint density at radius 2 is 1.69 bits per heavy atom. The van der Waals surface area contributed by atoms with Crippen molar-refractivity contribution in [2.45, 2.75) is 59.5 Å². The van der Waals surface area contributed by atoms with Gasteiger partial charge in [-0.3, -0.25) is 0 Å². The SMILES string of the molecule is CCC(C)(CC)P(=O)(ONc1nccc(C)c1C)Oc1ccc(C)cc1. The Morgan fingerprint density at radius 3 is 2.27 bits per heavy atom. The number of nitrogens with zero attached hydrogens (tertiary/aromatic N) is 1. The van der Waals surface area contributed by atoms with Crippen molar-refractivity contribution in [1.82, 2.24) is 4.98 Å². The van der Waals surface area contributed by atoms with Gasteiger partial charge >= 0.3 is 7.60 Å². The summed E-state index contributed by atoms with van der Waals surface area (Å²) in [6.45, 7) is 11.9. The third-order valence-electron chi connectivity index (χ3n) is 5.17. The van der Waals surface area contributed by atoms with Crippen molar-refractivity contribution in [2.75, 3.05) is 5.48 Å². The van der Waals surface area contributed by atoms with E-state index in [1.54, 1.807) is 6.20 Å². The van der Waals surface area contributed by atoms with Crippen LogP contribution in [0.4, 0.5) is 5.82 Å². The van der Waals surface area contributed by atoms with E-state index in [0.29, 0.717) is 24.4 Å². The van der Waals surface area contributed by atoms with Gasteiger partial charge < -0.3 is 4.52 Å². The predicted octanol–water partition coefficient (Wildman–Crippen LogP) is 6.20. The number of benzene rings is 1. The average Bonchev–Trinajstić information content (AvgIpc) is 2.64. The van der Waals surface area contributed by atoms with Crippen LogP contribution >= 0.6 is 7.60 Å². The third kappa shape index (κ3) is 4.28. The number of hydrogen-bond donors (Lipinski definition) is 1. The summed E-state index contributed by atoms with van der Waals surface area (Å²) < 4.78 is 25.5. The van der Waals surface area contributed by atoms with Gasteiger partial charge in [0, 0.05) is 6.20 Å². The zero-order valence-corrected chi connectivity index (χ0v) is 17.4. The van der Waals surface area contributed by atoms with Crippen LogP contribution in [0.15, 0.2) is 36.5 Å². The first-order chi connectivity index (χ1) is 12.2. The minimum Gasteiger partial charge on any atom is -0.423 e. The normalized spacial score (nSPS) is 13.9. The number of nitrogens with one attached hydrogen (secondary N) is 1. The molecule has 1 aromatic heterocycles. The molecule has 1 atom stereocenters. The van der Waals surface area contributed by atoms with Crippen molar-refractivity contribution in [3.05, 3.63) is 53.2 Å². The molecule has 26 heavy (non-hydrogen) atoms. The molecule has 1 N–H and O–H groups in total. The highest BCUT2D eigenvalue weighted by molar-refractivity contribution is 7.56. The van der Waals surface area contributed by atoms with E-state index in [0.717, 1.165) is 16.7 Å². The zero-order chi connectivity index (χ0) is 19.4. The van der Waals surface area contributed by atoms with E-state index in [2.05, 4.69) is 10.5 Å². The molecule has 2 aromatic rings. The molecule has 5 nitrogen and oxygen atoms in total. The number of aromatic nitrogens is 1. The average molecular weight is 376 g/mol. The second kappa shape index (κ2) is 8.24. The van der Waals surface area contributed by atoms with Crippen LogP contribution in [-0.4, -0.2) is 10.1 Å². The van der Waals surface area contributed by atoms with Crippen molar-refractivity contribution in [3.63, 3.8) is 0 Å². The monoisotopic (exact) mass is 376 g/mol. The summed E-state index contributed by atoms with van der Waals surface area (Å²) in [5.74, 6) is 1.08. The fourth-order valence-electron chi connectivity index (χ4n) is 2.45. The molecule has 1 unspecified atom stereocenters. The molecule has 2 rings (SSSR count). The molecule has 0 saturated carbocycles. The molecule has 142 valence electrons. The summed E-state index contributed by atoms with van der Waals surface area (Å²) in [7, 11) is -3.53. The van der Waals surface area contributed by atoms with Crippen LogP contribution in [-0.2, 0) is 9.19 Å². The summed E-state index contributed by atoms with van der Waals surface area (Å²) in [5.41, 5.74) is 5.94. The van der Waals surface area contributed by atoms with Gasteiger partial charge in [0.15, 0.2) is 5.82 Å². The van der Waals surface area contributed by atoms with E-state index in [9.17, 15) is 4.57 Å². The summed E-state index contributed by atoms with van der Waals surface area (Å²) in [5, 5.41) is -0.622. The fourth-order valence-corrected chi connectivity index (χ4v) is 4.31. The lowest BCUT2D eigenvalue weighted by Crippen LogP contribution is -2.28. The molecule has 0 aliphatic rings. The largest absolute Gasteiger partial charge is 0.423 e. The van der Waals surface area contributed by atoms with Crippen molar-refractivity contribution in [2.24, 2.45) is 0 Å². The Balaban J connectivity index is 2.32. The van der Waals surface area contributed by atoms with Crippen LogP contribution in [0.1, 0.15) is 50.3 Å². The van der Waals surface area contributed by atoms with Crippen LogP contribution < -0.4 is 10.0 Å². The van der Waals surface area contributed by atoms with Gasteiger partial charge in [-0.15, -0.1) is 0 Å². The van der Waals surface area contributed by atoms with Gasteiger partial charge in [0.1, 0.15) is 5.75 Å². The second-order valence-electron chi connectivity index (χ2n) is 6.90. The molecule has 0 spiro atoms. The Kier molecular flexibility index (Phi) is 6.48. The molecule has 0 aliphatic heterocycles. The molecule has 6 heteroatoms. The van der Waals surface area contributed by atoms with E-state index in [1.807, 2.05) is 71.9 Å². The van der Waals surface area contributed by atoms with E-state index in [4.69, 9.17) is 9.15 Å². The van der Waals surface area contributed by atoms with Crippen LogP contribution in [0.3, 0.4) is 0 Å². The standard InChI is InChI=1S/C20H29N2O3P/c1-7-20(6,8-2)26(23,24-18-11-9-15(3)10-12-18)25-22-19-17(5)16(4)13-14-21-19/h9-14H,7-8H2,1-6H3,(H,21,22). The molecular weight excluding hydrogens is 347 g/mol. The Morgan fingerprint density at radius 1 is 1.08 bits per heavy atom. The van der Waals surface area contributed by atoms with Crippen molar-refractivity contribution >= 4 is 13.4 Å². The van der Waals surface area contributed by atoms with E-state index >= 15 is 0 Å². The highest BCUT2D eigenvalue weighted by Gasteiger charge is 2.47. The maximum atomic E-state index is 13.8. The van der Waals surface area contributed by atoms with Gasteiger partial charge in [-0.1, -0.05) is 31.5 Å². The lowest BCUT2D eigenvalue weighted by Gasteiger charge is -2.34. The highest BCUT2D eigenvalue weighted by atomic mass is 31.2. The molecular formula is C20H29N2O3P. The van der Waals surface area contributed by atoms with Gasteiger partial charge in [-0.25, -0.2) is 15.0 Å². The smallest absolute Gasteiger partial charge is 0.406 e. The zero-order valence-electron chi connectivity index (χ0n) is 16.5. The predicted molar refractivity (Wildman–Crippen MR) is 107 cm³/mol. The Labute approximate surface area is 156 Å². The number of rotatable bonds is 8. The molecule has 0 bridgehead atoms. The summed E-state index contributed by atoms with van der Waals surface area (Å²) in [4.78, 5) is 4.28. The Bertz CT molecular complexity index is 786. The summed E-state index contributed by atoms with van der Waals surface area (Å²) >= 11 is 0. The van der Waals surface area contributed by atoms with Crippen LogP contribution in [0, 0.1) is 20.8 Å². The number of pyridine rings is 1. The first-order valence-corrected chi connectivity index (χ1v) is 10.5. The van der Waals surface area contributed by atoms with Gasteiger partial charge in [0.05, 0.1) is 5.16 Å². The van der Waals surface area contributed by atoms with Crippen molar-refractivity contribution in [1.29, 1.82) is 0 Å². The number of aryl methyl sites for hydroxylation is 2. The van der Waals surface area contributed by atoms with Crippen LogP contribution in [0.5, 0.6) is 5.75 Å². The van der Waals surface area contributed by atoms with Crippen LogP contribution in [0.2, 0.25) is 0 Å². The van der Waals surface area contributed by atoms with Gasteiger partial charge in [0.2, 0.25) is 0 Å². The third-order valence-corrected chi connectivity index (χ3v) is 7.91. The van der Waals surface area contributed by atoms with Gasteiger partial charge in [0.25, 0.3) is 0 Å². The summed E-state index contributed by atoms with van der Waals surface area (Å²) in [6.07, 6.45) is 3.02. The minimum absolute atomic E-state index is 0.530. The van der Waals surface area contributed by atoms with E-state index in [-0.39, 0.29) is 0 Å². The van der Waals surface area contributed by atoms with Gasteiger partial charge in [-0.2, -0.15) is 4.62 Å². The van der Waals surface area contributed by atoms with Crippen LogP contribution in [0.25, 0.3) is 0 Å². The minimum atomic E-state index is -3.53. The van der Waals surface area contributed by atoms with E-state index in [1.165, 1.54) is 0 Å². The molecule has 1 heterocycles. The first kappa shape index (κ1) is 20.5. The number of hydrogen-bond acceptors (Lipinski definition) is 5. The first-order valence-electron chi connectivity index (χ1n) is 8.98. The lowest BCUT2D eigenvalue weighted by molar-refractivity contribution is 0.279. The molecule has 0 fully saturated rings. The quantitative estimate of drug-likeness (QED) is 0.439. The van der Waals surface area contributed by atoms with Crippen molar-refractivity contribution < 1.29 is 13.7 Å². The molecule has 0 amide bonds. The van der Waals surface area contributed by atoms with E-state index < -0.39 is 12.8 Å². The number of anilines is 1. The van der Waals surface area contributed by atoms with Gasteiger partial charge in [-0.05, 0) is 69.9 Å². The van der Waals surface area contributed by atoms with Crippen molar-refractivity contribution in [3.8, 4) is 5.75 Å². The lowest BCUT2D eigenvalue weighted by atomic mass is 10.1. The molecule has 1 aromatic carbocycles. The molecule has 0 aliphatic carbocycles. The molecule has 0 radical (unpaired) electrons.